The van der Waals surface area contributed by atoms with Crippen molar-refractivity contribution in [2.24, 2.45) is 5.92 Å². The van der Waals surface area contributed by atoms with Crippen LogP contribution in [0.4, 0.5) is 5.82 Å². The van der Waals surface area contributed by atoms with Gasteiger partial charge in [0.2, 0.25) is 11.8 Å². The molecule has 3 aliphatic rings. The van der Waals surface area contributed by atoms with Gasteiger partial charge < -0.3 is 28.6 Å². The predicted octanol–water partition coefficient (Wildman–Crippen LogP) is 6.12. The molecule has 0 radical (unpaired) electrons. The molecule has 2 atom stereocenters. The van der Waals surface area contributed by atoms with Crippen molar-refractivity contribution in [3.05, 3.63) is 58.5 Å². The fraction of sp³-hybridized carbons (Fsp3) is 0.462. The topological polar surface area (TPSA) is 168 Å². The van der Waals surface area contributed by atoms with Gasteiger partial charge in [-0.15, -0.1) is 0 Å². The Kier molecular flexibility index (Phi) is 10.4. The lowest BCUT2D eigenvalue weighted by atomic mass is 10.1. The molecule has 0 saturated carbocycles. The number of H-pyrrole nitrogens is 2. The Morgan fingerprint density at radius 3 is 2.41 bits per heavy atom. The van der Waals surface area contributed by atoms with Gasteiger partial charge in [0.1, 0.15) is 34.6 Å². The average molecular weight is 781 g/mol. The summed E-state index contributed by atoms with van der Waals surface area (Å²) >= 11 is 6.49. The summed E-state index contributed by atoms with van der Waals surface area (Å²) in [6.07, 6.45) is 7.47. The highest BCUT2D eigenvalue weighted by molar-refractivity contribution is 6.30. The molecule has 2 unspecified atom stereocenters. The molecule has 0 aliphatic carbocycles. The highest BCUT2D eigenvalue weighted by atomic mass is 35.5. The number of anilines is 1. The van der Waals surface area contributed by atoms with Crippen LogP contribution in [0.25, 0.3) is 49.2 Å². The quantitative estimate of drug-likeness (QED) is 0.162. The molecule has 56 heavy (non-hydrogen) atoms. The van der Waals surface area contributed by atoms with Gasteiger partial charge in [0.05, 0.1) is 67.5 Å². The fourth-order valence-electron chi connectivity index (χ4n) is 7.32. The smallest absolute Gasteiger partial charge is 0.380 e. The van der Waals surface area contributed by atoms with E-state index in [2.05, 4.69) is 60.3 Å². The number of halogens is 1. The van der Waals surface area contributed by atoms with E-state index in [1.807, 2.05) is 35.3 Å². The number of morpholine rings is 1. The van der Waals surface area contributed by atoms with Crippen LogP contribution >= 0.6 is 11.6 Å². The van der Waals surface area contributed by atoms with Crippen molar-refractivity contribution in [3.63, 3.8) is 0 Å². The lowest BCUT2D eigenvalue weighted by Gasteiger charge is -2.27. The molecule has 17 heteroatoms. The first-order valence-corrected chi connectivity index (χ1v) is 19.6. The predicted molar refractivity (Wildman–Crippen MR) is 209 cm³/mol. The van der Waals surface area contributed by atoms with E-state index in [0.29, 0.717) is 80.1 Å². The lowest BCUT2D eigenvalue weighted by molar-refractivity contribution is -0.0134. The number of nitrogens with one attached hydrogen (secondary N) is 2. The number of fused-ring (bicyclic) bond motifs is 2. The van der Waals surface area contributed by atoms with Crippen LogP contribution in [-0.2, 0) is 20.8 Å². The molecule has 0 bridgehead atoms. The largest absolute Gasteiger partial charge is 0.474 e. The van der Waals surface area contributed by atoms with Crippen LogP contribution in [-0.4, -0.2) is 110 Å². The molecule has 6 aromatic heterocycles. The van der Waals surface area contributed by atoms with Gasteiger partial charge in [-0.2, -0.15) is 20.3 Å². The maximum atomic E-state index is 6.60. The Labute approximate surface area is 327 Å². The highest BCUT2D eigenvalue weighted by Crippen LogP contribution is 2.37. The zero-order valence-corrected chi connectivity index (χ0v) is 32.0. The number of rotatable bonds is 9. The molecule has 0 spiro atoms. The summed E-state index contributed by atoms with van der Waals surface area (Å²) in [5.41, 5.74) is 5.19. The standard InChI is InChI=1S/C39H42ClN11O5/c1-23(2)21-51-22-25(19-43-51)37-34-29(46-49-37)16-26(44-38(34)55-27-4-10-52-11-5-27)20-42-33-17-28(6-12-54-33)56-39-35-30(18-31(40)45-39)47-48-36(35)24-3-7-41-32(15-24)50-8-13-53-14-9-50/h3,7,15-16,18-19,22-23,27-28,33H,4-6,8-14,17,21H2,1-2H3,(H,41,45,47,48)/p+1. The molecule has 9 heterocycles. The van der Waals surface area contributed by atoms with Crippen molar-refractivity contribution >= 4 is 39.2 Å². The molecule has 6 aromatic rings. The van der Waals surface area contributed by atoms with Crippen molar-refractivity contribution in [1.29, 1.82) is 0 Å². The first-order chi connectivity index (χ1) is 27.4. The summed E-state index contributed by atoms with van der Waals surface area (Å²) in [5, 5.41) is 22.0. The van der Waals surface area contributed by atoms with Gasteiger partial charge in [0.15, 0.2) is 5.69 Å². The number of pyridine rings is 3. The molecule has 2 N–H and O–H groups in total. The zero-order valence-electron chi connectivity index (χ0n) is 31.3. The molecular formula is C39H43ClN11O5+. The second-order valence-corrected chi connectivity index (χ2v) is 15.0. The molecule has 0 amide bonds. The third-order valence-corrected chi connectivity index (χ3v) is 10.3. The molecule has 3 fully saturated rings. The first-order valence-electron chi connectivity index (χ1n) is 19.2. The van der Waals surface area contributed by atoms with Crippen LogP contribution in [0.3, 0.4) is 0 Å². The van der Waals surface area contributed by atoms with Crippen LogP contribution < -0.4 is 14.4 Å². The molecular weight excluding hydrogens is 738 g/mol. The Hall–Kier alpha value is -5.34. The Bertz CT molecular complexity index is 2390. The van der Waals surface area contributed by atoms with Gasteiger partial charge in [-0.1, -0.05) is 25.4 Å². The number of hydrogen-bond donors (Lipinski definition) is 2. The van der Waals surface area contributed by atoms with Crippen LogP contribution in [0.1, 0.15) is 45.2 Å². The summed E-state index contributed by atoms with van der Waals surface area (Å²) in [4.78, 5) is 21.0. The van der Waals surface area contributed by atoms with Gasteiger partial charge in [-0.25, -0.2) is 9.97 Å². The van der Waals surface area contributed by atoms with E-state index in [-0.39, 0.29) is 12.2 Å². The second-order valence-electron chi connectivity index (χ2n) is 14.7. The van der Waals surface area contributed by atoms with Crippen molar-refractivity contribution in [1.82, 2.24) is 45.1 Å². The number of aromatic nitrogens is 9. The molecule has 3 saturated heterocycles. The van der Waals surface area contributed by atoms with E-state index in [1.165, 1.54) is 0 Å². The lowest BCUT2D eigenvalue weighted by Crippen LogP contribution is -2.36. The van der Waals surface area contributed by atoms with E-state index in [0.717, 1.165) is 76.9 Å². The number of ether oxygens (including phenoxy) is 5. The Morgan fingerprint density at radius 2 is 1.61 bits per heavy atom. The van der Waals surface area contributed by atoms with E-state index in [4.69, 9.17) is 45.1 Å². The van der Waals surface area contributed by atoms with Crippen LogP contribution in [0.2, 0.25) is 5.15 Å². The molecule has 0 aromatic carbocycles. The second kappa shape index (κ2) is 16.0. The average Bonchev–Trinajstić information content (AvgIpc) is 3.97. The Morgan fingerprint density at radius 1 is 0.893 bits per heavy atom. The molecule has 9 rings (SSSR count). The van der Waals surface area contributed by atoms with Gasteiger partial charge >= 0.3 is 12.3 Å². The normalized spacial score (nSPS) is 19.4. The summed E-state index contributed by atoms with van der Waals surface area (Å²) in [6.45, 7) is 9.75. The van der Waals surface area contributed by atoms with Crippen molar-refractivity contribution in [3.8, 4) is 40.3 Å². The summed E-state index contributed by atoms with van der Waals surface area (Å²) in [5.74, 6) is 2.19. The Balaban J connectivity index is 0.967. The van der Waals surface area contributed by atoms with Gasteiger partial charge in [0.25, 0.3) is 0 Å². The number of hydrogen-bond acceptors (Lipinski definition) is 12. The number of nitrogens with zero attached hydrogens (tertiary/aromatic N) is 9. The van der Waals surface area contributed by atoms with Crippen LogP contribution in [0.15, 0.2) is 42.9 Å². The minimum Gasteiger partial charge on any atom is -0.474 e. The fourth-order valence-corrected chi connectivity index (χ4v) is 7.50. The van der Waals surface area contributed by atoms with E-state index in [1.54, 1.807) is 12.3 Å². The van der Waals surface area contributed by atoms with E-state index < -0.39 is 6.23 Å². The maximum Gasteiger partial charge on any atom is 0.380 e. The summed E-state index contributed by atoms with van der Waals surface area (Å²) < 4.78 is 32.3. The maximum absolute atomic E-state index is 6.60. The van der Waals surface area contributed by atoms with Crippen LogP contribution in [0, 0.1) is 12.0 Å². The minimum absolute atomic E-state index is 0.0367. The molecule has 3 aliphatic heterocycles. The van der Waals surface area contributed by atoms with Gasteiger partial charge in [0, 0.05) is 74.6 Å². The van der Waals surface area contributed by atoms with Crippen molar-refractivity contribution < 1.29 is 23.7 Å². The SMILES string of the molecule is CC(C)Cn1cc(-c2n[nH]c3cc(C#[N+]C4CC(Oc5nc(Cl)cc6[nH]nc(-c7ccnc(N8CCOCC8)c7)c56)CCO4)nc(OC4CCOCC4)c23)cn1. The van der Waals surface area contributed by atoms with Crippen molar-refractivity contribution in [2.75, 3.05) is 51.0 Å². The minimum atomic E-state index is -0.523. The molecule has 16 nitrogen and oxygen atoms in total. The third kappa shape index (κ3) is 7.85. The zero-order chi connectivity index (χ0) is 38.0. The van der Waals surface area contributed by atoms with Gasteiger partial charge in [-0.05, 0) is 22.9 Å². The summed E-state index contributed by atoms with van der Waals surface area (Å²) in [6, 6.07) is 10.7. The summed E-state index contributed by atoms with van der Waals surface area (Å²) in [7, 11) is 0. The molecule has 290 valence electrons. The van der Waals surface area contributed by atoms with E-state index >= 15 is 0 Å². The highest BCUT2D eigenvalue weighted by Gasteiger charge is 2.32. The number of aromatic amines is 2. The third-order valence-electron chi connectivity index (χ3n) is 10.1. The van der Waals surface area contributed by atoms with E-state index in [9.17, 15) is 0 Å². The van der Waals surface area contributed by atoms with Gasteiger partial charge in [-0.3, -0.25) is 14.9 Å². The van der Waals surface area contributed by atoms with Crippen LogP contribution in [0.5, 0.6) is 11.8 Å². The monoisotopic (exact) mass is 780 g/mol. The first kappa shape index (κ1) is 36.3. The van der Waals surface area contributed by atoms with Crippen molar-refractivity contribution in [2.45, 2.75) is 64.5 Å².